The lowest BCUT2D eigenvalue weighted by molar-refractivity contribution is 0.445. The summed E-state index contributed by atoms with van der Waals surface area (Å²) < 4.78 is 23.9. The molecule has 1 unspecified atom stereocenters. The van der Waals surface area contributed by atoms with Gasteiger partial charge >= 0.3 is 0 Å². The van der Waals surface area contributed by atoms with Crippen molar-refractivity contribution in [2.24, 2.45) is 5.14 Å². The summed E-state index contributed by atoms with van der Waals surface area (Å²) in [5.41, 5.74) is 2.30. The predicted molar refractivity (Wildman–Crippen MR) is 95.4 cm³/mol. The quantitative estimate of drug-likeness (QED) is 0.767. The third-order valence-corrected chi connectivity index (χ3v) is 5.51. The molecule has 0 spiro atoms. The summed E-state index contributed by atoms with van der Waals surface area (Å²) in [4.78, 5) is 0. The van der Waals surface area contributed by atoms with Crippen molar-refractivity contribution in [3.05, 3.63) is 47.5 Å². The zero-order chi connectivity index (χ0) is 18.1. The van der Waals surface area contributed by atoms with Crippen LogP contribution >= 0.6 is 0 Å². The van der Waals surface area contributed by atoms with Gasteiger partial charge in [-0.3, -0.25) is 0 Å². The van der Waals surface area contributed by atoms with Crippen molar-refractivity contribution in [2.75, 3.05) is 0 Å². The fourth-order valence-corrected chi connectivity index (χ4v) is 3.95. The SMILES string of the molecule is CCC(c1ccccc1-c1cc(C(C)C)c(O)cc1O)S(N)(=O)=O. The Hall–Kier alpha value is -2.05. The second kappa shape index (κ2) is 6.83. The van der Waals surface area contributed by atoms with E-state index in [2.05, 4.69) is 0 Å². The summed E-state index contributed by atoms with van der Waals surface area (Å²) in [7, 11) is -3.78. The number of aromatic hydroxyl groups is 2. The first-order chi connectivity index (χ1) is 11.2. The molecule has 0 saturated heterocycles. The molecular weight excluding hydrogens is 326 g/mol. The number of hydrogen-bond acceptors (Lipinski definition) is 4. The maximum atomic E-state index is 11.9. The summed E-state index contributed by atoms with van der Waals surface area (Å²) in [5.74, 6) is -0.0347. The van der Waals surface area contributed by atoms with Gasteiger partial charge in [0.15, 0.2) is 0 Å². The predicted octanol–water partition coefficient (Wildman–Crippen LogP) is 3.63. The minimum absolute atomic E-state index is 0.0159. The molecule has 6 heteroatoms. The molecule has 0 heterocycles. The van der Waals surface area contributed by atoms with Gasteiger partial charge in [-0.05, 0) is 35.1 Å². The molecule has 0 bridgehead atoms. The second-order valence-corrected chi connectivity index (χ2v) is 7.90. The van der Waals surface area contributed by atoms with Crippen molar-refractivity contribution >= 4 is 10.0 Å². The molecule has 0 radical (unpaired) electrons. The Morgan fingerprint density at radius 1 is 1.00 bits per heavy atom. The van der Waals surface area contributed by atoms with Crippen LogP contribution in [0.5, 0.6) is 11.5 Å². The number of rotatable bonds is 5. The molecule has 0 amide bonds. The van der Waals surface area contributed by atoms with Crippen molar-refractivity contribution in [3.8, 4) is 22.6 Å². The highest BCUT2D eigenvalue weighted by molar-refractivity contribution is 7.89. The zero-order valence-electron chi connectivity index (χ0n) is 14.0. The number of benzene rings is 2. The van der Waals surface area contributed by atoms with Crippen molar-refractivity contribution < 1.29 is 18.6 Å². The molecule has 24 heavy (non-hydrogen) atoms. The van der Waals surface area contributed by atoms with Gasteiger partial charge in [-0.25, -0.2) is 13.6 Å². The lowest BCUT2D eigenvalue weighted by Gasteiger charge is -2.19. The van der Waals surface area contributed by atoms with Crippen LogP contribution in [0.4, 0.5) is 0 Å². The van der Waals surface area contributed by atoms with Crippen molar-refractivity contribution in [1.29, 1.82) is 0 Å². The van der Waals surface area contributed by atoms with Crippen molar-refractivity contribution in [3.63, 3.8) is 0 Å². The Balaban J connectivity index is 2.73. The number of phenolic OH excluding ortho intramolecular Hbond substituents is 2. The molecular formula is C18H23NO4S. The highest BCUT2D eigenvalue weighted by Crippen LogP contribution is 2.41. The molecule has 5 nitrogen and oxygen atoms in total. The van der Waals surface area contributed by atoms with Gasteiger partial charge in [0, 0.05) is 11.6 Å². The van der Waals surface area contributed by atoms with Crippen LogP contribution in [0, 0.1) is 0 Å². The molecule has 130 valence electrons. The largest absolute Gasteiger partial charge is 0.508 e. The Morgan fingerprint density at radius 2 is 1.62 bits per heavy atom. The van der Waals surface area contributed by atoms with Crippen LogP contribution in [0.1, 0.15) is 49.5 Å². The fourth-order valence-electron chi connectivity index (χ4n) is 2.92. The smallest absolute Gasteiger partial charge is 0.216 e. The van der Waals surface area contributed by atoms with Gasteiger partial charge in [-0.2, -0.15) is 0 Å². The maximum absolute atomic E-state index is 11.9. The van der Waals surface area contributed by atoms with Crippen LogP contribution in [0.3, 0.4) is 0 Å². The summed E-state index contributed by atoms with van der Waals surface area (Å²) in [6.45, 7) is 5.62. The summed E-state index contributed by atoms with van der Waals surface area (Å²) in [5, 5.41) is 24.8. The number of nitrogens with two attached hydrogens (primary N) is 1. The second-order valence-electron chi connectivity index (χ2n) is 6.16. The number of sulfonamides is 1. The van der Waals surface area contributed by atoms with Crippen LogP contribution in [-0.4, -0.2) is 18.6 Å². The van der Waals surface area contributed by atoms with E-state index in [1.165, 1.54) is 6.07 Å². The summed E-state index contributed by atoms with van der Waals surface area (Å²) in [6.07, 6.45) is 0.325. The lowest BCUT2D eigenvalue weighted by Crippen LogP contribution is -2.21. The molecule has 4 N–H and O–H groups in total. The molecule has 2 rings (SSSR count). The molecule has 0 fully saturated rings. The van der Waals surface area contributed by atoms with Crippen LogP contribution in [0.2, 0.25) is 0 Å². The van der Waals surface area contributed by atoms with Gasteiger partial charge in [0.25, 0.3) is 0 Å². The third-order valence-electron chi connectivity index (χ3n) is 4.13. The highest BCUT2D eigenvalue weighted by Gasteiger charge is 2.25. The number of phenols is 2. The molecule has 0 aliphatic rings. The molecule has 2 aromatic rings. The van der Waals surface area contributed by atoms with E-state index in [-0.39, 0.29) is 17.4 Å². The molecule has 0 aliphatic heterocycles. The summed E-state index contributed by atoms with van der Waals surface area (Å²) in [6, 6.07) is 9.96. The molecule has 0 saturated carbocycles. The fraction of sp³-hybridized carbons (Fsp3) is 0.333. The van der Waals surface area contributed by atoms with E-state index >= 15 is 0 Å². The normalized spacial score (nSPS) is 13.2. The van der Waals surface area contributed by atoms with E-state index in [9.17, 15) is 18.6 Å². The van der Waals surface area contributed by atoms with Gasteiger partial charge in [0.2, 0.25) is 10.0 Å². The van der Waals surface area contributed by atoms with E-state index in [4.69, 9.17) is 5.14 Å². The van der Waals surface area contributed by atoms with Crippen LogP contribution < -0.4 is 5.14 Å². The van der Waals surface area contributed by atoms with Gasteiger partial charge in [0.05, 0.1) is 0 Å². The monoisotopic (exact) mass is 349 g/mol. The van der Waals surface area contributed by atoms with E-state index in [1.807, 2.05) is 13.8 Å². The van der Waals surface area contributed by atoms with Crippen LogP contribution in [0.25, 0.3) is 11.1 Å². The Kier molecular flexibility index (Phi) is 5.20. The van der Waals surface area contributed by atoms with Gasteiger partial charge in [-0.1, -0.05) is 45.0 Å². The van der Waals surface area contributed by atoms with Crippen molar-refractivity contribution in [1.82, 2.24) is 0 Å². The Labute approximate surface area is 142 Å². The van der Waals surface area contributed by atoms with E-state index in [0.717, 1.165) is 0 Å². The molecule has 2 aromatic carbocycles. The maximum Gasteiger partial charge on any atom is 0.216 e. The lowest BCUT2D eigenvalue weighted by atomic mass is 9.92. The first-order valence-corrected chi connectivity index (χ1v) is 9.44. The average Bonchev–Trinajstić information content (AvgIpc) is 2.47. The third kappa shape index (κ3) is 3.55. The van der Waals surface area contributed by atoms with Crippen LogP contribution in [-0.2, 0) is 10.0 Å². The minimum Gasteiger partial charge on any atom is -0.508 e. The minimum atomic E-state index is -3.78. The van der Waals surface area contributed by atoms with Crippen LogP contribution in [0.15, 0.2) is 36.4 Å². The van der Waals surface area contributed by atoms with Gasteiger partial charge in [0.1, 0.15) is 16.7 Å². The first-order valence-electron chi connectivity index (χ1n) is 7.83. The summed E-state index contributed by atoms with van der Waals surface area (Å²) >= 11 is 0. The average molecular weight is 349 g/mol. The zero-order valence-corrected chi connectivity index (χ0v) is 14.8. The van der Waals surface area contributed by atoms with Gasteiger partial charge in [-0.15, -0.1) is 0 Å². The Morgan fingerprint density at radius 3 is 2.17 bits per heavy atom. The van der Waals surface area contributed by atoms with E-state index < -0.39 is 15.3 Å². The van der Waals surface area contributed by atoms with Crippen molar-refractivity contribution in [2.45, 2.75) is 38.4 Å². The highest BCUT2D eigenvalue weighted by atomic mass is 32.2. The van der Waals surface area contributed by atoms with E-state index in [0.29, 0.717) is 28.7 Å². The molecule has 0 aromatic heterocycles. The number of primary sulfonamides is 1. The molecule has 0 aliphatic carbocycles. The molecule has 1 atom stereocenters. The topological polar surface area (TPSA) is 101 Å². The number of hydrogen-bond donors (Lipinski definition) is 3. The van der Waals surface area contributed by atoms with E-state index in [1.54, 1.807) is 37.3 Å². The first kappa shape index (κ1) is 18.3. The van der Waals surface area contributed by atoms with Gasteiger partial charge < -0.3 is 10.2 Å². The Bertz CT molecular complexity index is 844. The standard InChI is InChI=1S/C18H23NO4S/c1-4-18(24(19,22)23)13-8-6-5-7-12(13)15-9-14(11(2)3)16(20)10-17(15)21/h5-11,18,20-21H,4H2,1-3H3,(H2,19,22,23).